The van der Waals surface area contributed by atoms with Crippen LogP contribution >= 0.6 is 15.9 Å². The van der Waals surface area contributed by atoms with E-state index in [0.717, 1.165) is 18.7 Å². The Labute approximate surface area is 130 Å². The van der Waals surface area contributed by atoms with Crippen LogP contribution in [0.15, 0.2) is 22.7 Å². The fourth-order valence-corrected chi connectivity index (χ4v) is 3.42. The minimum absolute atomic E-state index is 0.0104. The molecule has 1 unspecified atom stereocenters. The van der Waals surface area contributed by atoms with Crippen molar-refractivity contribution < 1.29 is 9.72 Å². The van der Waals surface area contributed by atoms with Gasteiger partial charge in [-0.25, -0.2) is 4.79 Å². The number of nitrogens with one attached hydrogen (secondary N) is 1. The van der Waals surface area contributed by atoms with Gasteiger partial charge in [-0.15, -0.1) is 0 Å². The highest BCUT2D eigenvalue weighted by molar-refractivity contribution is 9.10. The summed E-state index contributed by atoms with van der Waals surface area (Å²) in [5.41, 5.74) is 0.985. The van der Waals surface area contributed by atoms with Crippen LogP contribution in [0.4, 0.5) is 10.5 Å². The second kappa shape index (κ2) is 5.61. The van der Waals surface area contributed by atoms with Crippen LogP contribution in [0, 0.1) is 10.1 Å². The lowest BCUT2D eigenvalue weighted by molar-refractivity contribution is -0.385. The number of carbonyl (C=O) groups is 1. The monoisotopic (exact) mass is 354 g/mol. The van der Waals surface area contributed by atoms with E-state index in [9.17, 15) is 14.9 Å². The molecule has 8 heteroatoms. The summed E-state index contributed by atoms with van der Waals surface area (Å²) in [7, 11) is 0. The van der Waals surface area contributed by atoms with Crippen LogP contribution in [-0.2, 0) is 6.54 Å². The van der Waals surface area contributed by atoms with Crippen LogP contribution in [0.3, 0.4) is 0 Å². The number of rotatable bonds is 3. The summed E-state index contributed by atoms with van der Waals surface area (Å²) in [5.74, 6) is 0. The molecule has 1 N–H and O–H groups in total. The fraction of sp³-hybridized carbons (Fsp3) is 0.462. The number of nitro benzene ring substituents is 1. The largest absolute Gasteiger partial charge is 0.336 e. The van der Waals surface area contributed by atoms with Gasteiger partial charge in [0.15, 0.2) is 0 Å². The Morgan fingerprint density at radius 2 is 2.24 bits per heavy atom. The van der Waals surface area contributed by atoms with Crippen molar-refractivity contribution >= 4 is 27.6 Å². The minimum Gasteiger partial charge on any atom is -0.336 e. The minimum atomic E-state index is -0.384. The SMILES string of the molecule is O=C1NCC2CN(Cc3cccc([N+](=O)[O-])c3Br)CCN12. The van der Waals surface area contributed by atoms with E-state index in [1.54, 1.807) is 6.07 Å². The number of piperazine rings is 1. The van der Waals surface area contributed by atoms with E-state index in [2.05, 4.69) is 26.1 Å². The van der Waals surface area contributed by atoms with Crippen LogP contribution in [0.2, 0.25) is 0 Å². The van der Waals surface area contributed by atoms with Crippen molar-refractivity contribution in [3.8, 4) is 0 Å². The second-order valence-electron chi connectivity index (χ2n) is 5.28. The molecule has 0 aromatic heterocycles. The van der Waals surface area contributed by atoms with Crippen LogP contribution in [-0.4, -0.2) is 53.0 Å². The van der Waals surface area contributed by atoms with Gasteiger partial charge in [-0.3, -0.25) is 15.0 Å². The van der Waals surface area contributed by atoms with Crippen molar-refractivity contribution in [3.63, 3.8) is 0 Å². The second-order valence-corrected chi connectivity index (χ2v) is 6.07. The molecule has 2 aliphatic heterocycles. The average molecular weight is 355 g/mol. The molecule has 0 spiro atoms. The third-order valence-corrected chi connectivity index (χ3v) is 4.88. The summed E-state index contributed by atoms with van der Waals surface area (Å²) in [4.78, 5) is 26.2. The predicted molar refractivity (Wildman–Crippen MR) is 80.0 cm³/mol. The Kier molecular flexibility index (Phi) is 3.81. The first-order valence-corrected chi connectivity index (χ1v) is 7.54. The van der Waals surface area contributed by atoms with Crippen molar-refractivity contribution in [1.82, 2.24) is 15.1 Å². The summed E-state index contributed by atoms with van der Waals surface area (Å²) in [6.45, 7) is 3.57. The van der Waals surface area contributed by atoms with Gasteiger partial charge < -0.3 is 10.2 Å². The number of amides is 2. The van der Waals surface area contributed by atoms with Gasteiger partial charge in [-0.1, -0.05) is 12.1 Å². The van der Waals surface area contributed by atoms with Gasteiger partial charge in [-0.05, 0) is 21.5 Å². The summed E-state index contributed by atoms with van der Waals surface area (Å²) >= 11 is 3.33. The molecule has 2 saturated heterocycles. The summed E-state index contributed by atoms with van der Waals surface area (Å²) < 4.78 is 0.540. The predicted octanol–water partition coefficient (Wildman–Crippen LogP) is 1.57. The highest BCUT2D eigenvalue weighted by atomic mass is 79.9. The molecule has 0 radical (unpaired) electrons. The smallest absolute Gasteiger partial charge is 0.317 e. The van der Waals surface area contributed by atoms with Gasteiger partial charge in [0, 0.05) is 38.8 Å². The zero-order valence-electron chi connectivity index (χ0n) is 11.3. The molecule has 1 aromatic carbocycles. The van der Waals surface area contributed by atoms with Gasteiger partial charge in [0.05, 0.1) is 15.4 Å². The van der Waals surface area contributed by atoms with Gasteiger partial charge in [0.25, 0.3) is 5.69 Å². The van der Waals surface area contributed by atoms with Crippen molar-refractivity contribution in [1.29, 1.82) is 0 Å². The topological polar surface area (TPSA) is 78.7 Å². The Bertz CT molecular complexity index is 595. The molecular formula is C13H15BrN4O3. The molecule has 2 amide bonds. The molecule has 2 heterocycles. The average Bonchev–Trinajstić information content (AvgIpc) is 2.82. The Balaban J connectivity index is 1.72. The third kappa shape index (κ3) is 2.73. The zero-order valence-corrected chi connectivity index (χ0v) is 12.9. The number of carbonyl (C=O) groups excluding carboxylic acids is 1. The van der Waals surface area contributed by atoms with E-state index in [4.69, 9.17) is 0 Å². The molecule has 1 atom stereocenters. The lowest BCUT2D eigenvalue weighted by atomic mass is 10.1. The quantitative estimate of drug-likeness (QED) is 0.659. The highest BCUT2D eigenvalue weighted by Crippen LogP contribution is 2.29. The number of halogens is 1. The van der Waals surface area contributed by atoms with E-state index in [1.807, 2.05) is 11.0 Å². The maximum Gasteiger partial charge on any atom is 0.317 e. The van der Waals surface area contributed by atoms with E-state index < -0.39 is 0 Å². The zero-order chi connectivity index (χ0) is 15.0. The maximum atomic E-state index is 11.6. The molecule has 2 aliphatic rings. The lowest BCUT2D eigenvalue weighted by Crippen LogP contribution is -2.51. The van der Waals surface area contributed by atoms with Crippen LogP contribution in [0.1, 0.15) is 5.56 Å². The first kappa shape index (κ1) is 14.3. The Morgan fingerprint density at radius 1 is 1.43 bits per heavy atom. The maximum absolute atomic E-state index is 11.6. The number of nitro groups is 1. The number of hydrogen-bond acceptors (Lipinski definition) is 4. The fourth-order valence-electron chi connectivity index (χ4n) is 2.88. The molecule has 0 bridgehead atoms. The van der Waals surface area contributed by atoms with Gasteiger partial charge in [0.2, 0.25) is 0 Å². The Morgan fingerprint density at radius 3 is 3.00 bits per heavy atom. The molecule has 1 aromatic rings. The van der Waals surface area contributed by atoms with Crippen molar-refractivity contribution in [3.05, 3.63) is 38.3 Å². The van der Waals surface area contributed by atoms with E-state index in [-0.39, 0.29) is 22.7 Å². The molecule has 2 fully saturated rings. The number of benzene rings is 1. The van der Waals surface area contributed by atoms with Crippen molar-refractivity contribution in [2.45, 2.75) is 12.6 Å². The normalized spacial score (nSPS) is 22.0. The highest BCUT2D eigenvalue weighted by Gasteiger charge is 2.35. The molecule has 7 nitrogen and oxygen atoms in total. The van der Waals surface area contributed by atoms with E-state index >= 15 is 0 Å². The van der Waals surface area contributed by atoms with Crippen LogP contribution < -0.4 is 5.32 Å². The Hall–Kier alpha value is -1.67. The van der Waals surface area contributed by atoms with Crippen LogP contribution in [0.5, 0.6) is 0 Å². The standard InChI is InChI=1S/C13H15BrN4O3/c14-12-9(2-1-3-11(12)18(20)21)7-16-4-5-17-10(8-16)6-15-13(17)19/h1-3,10H,4-8H2,(H,15,19). The van der Waals surface area contributed by atoms with Crippen LogP contribution in [0.25, 0.3) is 0 Å². The van der Waals surface area contributed by atoms with Crippen molar-refractivity contribution in [2.24, 2.45) is 0 Å². The molecule has 112 valence electrons. The van der Waals surface area contributed by atoms with E-state index in [0.29, 0.717) is 24.1 Å². The molecule has 0 saturated carbocycles. The molecule has 3 rings (SSSR count). The van der Waals surface area contributed by atoms with Gasteiger partial charge >= 0.3 is 6.03 Å². The molecular weight excluding hydrogens is 340 g/mol. The molecule has 21 heavy (non-hydrogen) atoms. The van der Waals surface area contributed by atoms with Crippen molar-refractivity contribution in [2.75, 3.05) is 26.2 Å². The first-order valence-electron chi connectivity index (χ1n) is 6.75. The first-order chi connectivity index (χ1) is 10.1. The van der Waals surface area contributed by atoms with Gasteiger partial charge in [0.1, 0.15) is 0 Å². The van der Waals surface area contributed by atoms with Gasteiger partial charge in [-0.2, -0.15) is 0 Å². The summed E-state index contributed by atoms with van der Waals surface area (Å²) in [5, 5.41) is 13.8. The summed E-state index contributed by atoms with van der Waals surface area (Å²) in [6, 6.07) is 5.29. The lowest BCUT2D eigenvalue weighted by Gasteiger charge is -2.36. The number of urea groups is 1. The number of fused-ring (bicyclic) bond motifs is 1. The number of nitrogens with zero attached hydrogens (tertiary/aromatic N) is 3. The molecule has 0 aliphatic carbocycles. The third-order valence-electron chi connectivity index (χ3n) is 3.97. The number of hydrogen-bond donors (Lipinski definition) is 1. The van der Waals surface area contributed by atoms with E-state index in [1.165, 1.54) is 6.07 Å². The summed E-state index contributed by atoms with van der Waals surface area (Å²) in [6.07, 6.45) is 0.